The largest absolute Gasteiger partial charge is 0.496 e. The zero-order chi connectivity index (χ0) is 21.4. The van der Waals surface area contributed by atoms with Crippen LogP contribution in [-0.2, 0) is 27.2 Å². The lowest BCUT2D eigenvalue weighted by Gasteiger charge is -2.22. The molecule has 0 aliphatic carbocycles. The third kappa shape index (κ3) is 6.31. The maximum atomic E-state index is 14.0. The molecular formula is C21H23FN2O5. The van der Waals surface area contributed by atoms with Crippen molar-refractivity contribution in [3.8, 4) is 5.75 Å². The second-order valence-electron chi connectivity index (χ2n) is 6.46. The molecule has 8 heteroatoms. The molecule has 2 aromatic carbocycles. The third-order valence-corrected chi connectivity index (χ3v) is 4.31. The molecule has 0 radical (unpaired) electrons. The number of methoxy groups -OCH3 is 1. The van der Waals surface area contributed by atoms with E-state index in [0.29, 0.717) is 11.3 Å². The number of carbonyl (C=O) groups is 3. The fraction of sp³-hybridized carbons (Fsp3) is 0.286. The summed E-state index contributed by atoms with van der Waals surface area (Å²) >= 11 is 0. The first-order valence-electron chi connectivity index (χ1n) is 8.97. The number of hydrogen-bond acceptors (Lipinski definition) is 4. The Balaban J connectivity index is 2.18. The molecule has 0 aliphatic heterocycles. The standard InChI is InChI=1S/C21H23FN2O5/c1-13(25)23-17(11-14-7-3-5-9-16(14)22)20(26)24-18(21(27)28)12-15-8-4-6-10-19(15)29-2/h3-10,17-18H,11-12H2,1-2H3,(H,23,25)(H,24,26)(H,27,28)/t17-,18-/m1/s1. The highest BCUT2D eigenvalue weighted by atomic mass is 19.1. The van der Waals surface area contributed by atoms with E-state index in [1.54, 1.807) is 30.3 Å². The van der Waals surface area contributed by atoms with E-state index in [9.17, 15) is 23.9 Å². The van der Waals surface area contributed by atoms with Gasteiger partial charge in [-0.25, -0.2) is 9.18 Å². The second-order valence-corrected chi connectivity index (χ2v) is 6.46. The molecule has 2 rings (SSSR count). The number of amides is 2. The van der Waals surface area contributed by atoms with Gasteiger partial charge in [-0.2, -0.15) is 0 Å². The smallest absolute Gasteiger partial charge is 0.326 e. The highest BCUT2D eigenvalue weighted by Crippen LogP contribution is 2.19. The van der Waals surface area contributed by atoms with Crippen LogP contribution in [0.5, 0.6) is 5.75 Å². The van der Waals surface area contributed by atoms with Gasteiger partial charge in [0.1, 0.15) is 23.7 Å². The first-order chi connectivity index (χ1) is 13.8. The fourth-order valence-electron chi connectivity index (χ4n) is 2.90. The molecule has 2 aromatic rings. The van der Waals surface area contributed by atoms with Crippen LogP contribution in [-0.4, -0.2) is 42.1 Å². The van der Waals surface area contributed by atoms with Crippen LogP contribution in [0.15, 0.2) is 48.5 Å². The lowest BCUT2D eigenvalue weighted by molar-refractivity contribution is -0.142. The SMILES string of the molecule is COc1ccccc1C[C@@H](NC(=O)[C@@H](Cc1ccccc1F)NC(C)=O)C(=O)O. The minimum atomic E-state index is -1.25. The van der Waals surface area contributed by atoms with Crippen molar-refractivity contribution in [1.82, 2.24) is 10.6 Å². The number of para-hydroxylation sites is 1. The van der Waals surface area contributed by atoms with Crippen molar-refractivity contribution in [2.24, 2.45) is 0 Å². The highest BCUT2D eigenvalue weighted by molar-refractivity contribution is 5.90. The van der Waals surface area contributed by atoms with Crippen LogP contribution in [0.2, 0.25) is 0 Å². The molecule has 154 valence electrons. The molecule has 0 fully saturated rings. The fourth-order valence-corrected chi connectivity index (χ4v) is 2.90. The van der Waals surface area contributed by atoms with E-state index in [4.69, 9.17) is 4.74 Å². The summed E-state index contributed by atoms with van der Waals surface area (Å²) in [4.78, 5) is 35.9. The van der Waals surface area contributed by atoms with E-state index in [1.807, 2.05) is 0 Å². The van der Waals surface area contributed by atoms with Gasteiger partial charge >= 0.3 is 5.97 Å². The molecule has 3 N–H and O–H groups in total. The monoisotopic (exact) mass is 402 g/mol. The van der Waals surface area contributed by atoms with E-state index >= 15 is 0 Å². The van der Waals surface area contributed by atoms with E-state index in [0.717, 1.165) is 0 Å². The average Bonchev–Trinajstić information content (AvgIpc) is 2.68. The number of carboxylic acids is 1. The Bertz CT molecular complexity index is 887. The van der Waals surface area contributed by atoms with Crippen LogP contribution in [0.3, 0.4) is 0 Å². The molecule has 0 saturated carbocycles. The van der Waals surface area contributed by atoms with Crippen molar-refractivity contribution in [2.45, 2.75) is 31.8 Å². The van der Waals surface area contributed by atoms with Crippen LogP contribution < -0.4 is 15.4 Å². The normalized spacial score (nSPS) is 12.5. The maximum Gasteiger partial charge on any atom is 0.326 e. The Morgan fingerprint density at radius 3 is 2.14 bits per heavy atom. The predicted octanol–water partition coefficient (Wildman–Crippen LogP) is 1.69. The van der Waals surface area contributed by atoms with Gasteiger partial charge in [-0.05, 0) is 23.3 Å². The molecule has 0 bridgehead atoms. The summed E-state index contributed by atoms with van der Waals surface area (Å²) in [7, 11) is 1.47. The van der Waals surface area contributed by atoms with Crippen LogP contribution in [0, 0.1) is 5.82 Å². The van der Waals surface area contributed by atoms with Gasteiger partial charge in [-0.1, -0.05) is 36.4 Å². The Hall–Kier alpha value is -3.42. The Morgan fingerprint density at radius 2 is 1.55 bits per heavy atom. The molecule has 0 aromatic heterocycles. The van der Waals surface area contributed by atoms with Gasteiger partial charge in [0.05, 0.1) is 7.11 Å². The molecule has 0 aliphatic rings. The number of aliphatic carboxylic acids is 1. The zero-order valence-corrected chi connectivity index (χ0v) is 16.1. The maximum absolute atomic E-state index is 14.0. The van der Waals surface area contributed by atoms with Gasteiger partial charge < -0.3 is 20.5 Å². The van der Waals surface area contributed by atoms with Gasteiger partial charge in [0.2, 0.25) is 11.8 Å². The second kappa shape index (κ2) is 10.2. The Kier molecular flexibility index (Phi) is 7.70. The number of benzene rings is 2. The number of rotatable bonds is 9. The molecule has 2 atom stereocenters. The average molecular weight is 402 g/mol. The van der Waals surface area contributed by atoms with Crippen molar-refractivity contribution in [1.29, 1.82) is 0 Å². The molecule has 0 spiro atoms. The van der Waals surface area contributed by atoms with Crippen LogP contribution in [0.1, 0.15) is 18.1 Å². The summed E-state index contributed by atoms with van der Waals surface area (Å²) in [6.45, 7) is 1.23. The highest BCUT2D eigenvalue weighted by Gasteiger charge is 2.27. The number of ether oxygens (including phenoxy) is 1. The topological polar surface area (TPSA) is 105 Å². The summed E-state index contributed by atoms with van der Waals surface area (Å²) in [5, 5.41) is 14.4. The summed E-state index contributed by atoms with van der Waals surface area (Å²) in [5.41, 5.74) is 0.839. The molecular weight excluding hydrogens is 379 g/mol. The lowest BCUT2D eigenvalue weighted by Crippen LogP contribution is -2.52. The minimum Gasteiger partial charge on any atom is -0.496 e. The predicted molar refractivity (Wildman–Crippen MR) is 104 cm³/mol. The number of nitrogens with one attached hydrogen (secondary N) is 2. The summed E-state index contributed by atoms with van der Waals surface area (Å²) in [6.07, 6.45) is -0.128. The molecule has 7 nitrogen and oxygen atoms in total. The molecule has 29 heavy (non-hydrogen) atoms. The molecule has 0 heterocycles. The summed E-state index contributed by atoms with van der Waals surface area (Å²) in [5.74, 6) is -2.46. The van der Waals surface area contributed by atoms with Gasteiger partial charge in [0.25, 0.3) is 0 Å². The van der Waals surface area contributed by atoms with Crippen molar-refractivity contribution in [3.05, 3.63) is 65.5 Å². The van der Waals surface area contributed by atoms with E-state index < -0.39 is 35.7 Å². The molecule has 0 unspecified atom stereocenters. The number of hydrogen-bond donors (Lipinski definition) is 3. The van der Waals surface area contributed by atoms with Crippen molar-refractivity contribution < 1.29 is 28.6 Å². The first kappa shape index (κ1) is 21.9. The lowest BCUT2D eigenvalue weighted by atomic mass is 10.0. The Labute approximate surface area is 167 Å². The third-order valence-electron chi connectivity index (χ3n) is 4.31. The van der Waals surface area contributed by atoms with Gasteiger partial charge in [0, 0.05) is 19.8 Å². The van der Waals surface area contributed by atoms with Crippen LogP contribution >= 0.6 is 0 Å². The molecule has 2 amide bonds. The quantitative estimate of drug-likeness (QED) is 0.592. The van der Waals surface area contributed by atoms with Gasteiger partial charge in [-0.3, -0.25) is 9.59 Å². The van der Waals surface area contributed by atoms with Crippen LogP contribution in [0.25, 0.3) is 0 Å². The van der Waals surface area contributed by atoms with Crippen LogP contribution in [0.4, 0.5) is 4.39 Å². The Morgan fingerprint density at radius 1 is 0.966 bits per heavy atom. The number of carboxylic acid groups (broad SMARTS) is 1. The van der Waals surface area contributed by atoms with Gasteiger partial charge in [0.15, 0.2) is 0 Å². The minimum absolute atomic E-state index is 0.0163. The number of halogens is 1. The van der Waals surface area contributed by atoms with E-state index in [1.165, 1.54) is 32.2 Å². The zero-order valence-electron chi connectivity index (χ0n) is 16.1. The van der Waals surface area contributed by atoms with E-state index in [-0.39, 0.29) is 18.4 Å². The van der Waals surface area contributed by atoms with E-state index in [2.05, 4.69) is 10.6 Å². The van der Waals surface area contributed by atoms with Crippen molar-refractivity contribution in [3.63, 3.8) is 0 Å². The van der Waals surface area contributed by atoms with Crippen molar-refractivity contribution >= 4 is 17.8 Å². The van der Waals surface area contributed by atoms with Gasteiger partial charge in [-0.15, -0.1) is 0 Å². The summed E-state index contributed by atoms with van der Waals surface area (Å²) < 4.78 is 19.2. The van der Waals surface area contributed by atoms with Crippen molar-refractivity contribution in [2.75, 3.05) is 7.11 Å². The first-order valence-corrected chi connectivity index (χ1v) is 8.97. The summed E-state index contributed by atoms with van der Waals surface area (Å²) in [6, 6.07) is 10.4. The number of carbonyl (C=O) groups excluding carboxylic acids is 2. The molecule has 0 saturated heterocycles.